The standard InChI is InChI=1S/C21H17N5O2/c1-14(27)24-18-3-2-4-19(12-18)25-20-11-16(9-10-23-20)21(28)26-17-7-5-15(13-22)6-8-17/h2-12H,1H3,(H,23,25)(H,24,27)(H,26,28). The molecular formula is C21H17N5O2. The van der Waals surface area contributed by atoms with Crippen molar-refractivity contribution in [1.29, 1.82) is 5.26 Å². The fraction of sp³-hybridized carbons (Fsp3) is 0.0476. The summed E-state index contributed by atoms with van der Waals surface area (Å²) in [5.41, 5.74) is 2.93. The average molecular weight is 371 g/mol. The van der Waals surface area contributed by atoms with E-state index in [-0.39, 0.29) is 11.8 Å². The van der Waals surface area contributed by atoms with Gasteiger partial charge in [-0.15, -0.1) is 0 Å². The van der Waals surface area contributed by atoms with Gasteiger partial charge in [0.25, 0.3) is 5.91 Å². The number of nitriles is 1. The van der Waals surface area contributed by atoms with E-state index in [0.29, 0.717) is 28.3 Å². The number of benzene rings is 2. The Morgan fingerprint density at radius 2 is 1.68 bits per heavy atom. The lowest BCUT2D eigenvalue weighted by atomic mass is 10.2. The molecule has 138 valence electrons. The Hall–Kier alpha value is -4.18. The minimum atomic E-state index is -0.290. The van der Waals surface area contributed by atoms with Crippen LogP contribution >= 0.6 is 0 Å². The molecule has 2 aromatic carbocycles. The molecule has 7 nitrogen and oxygen atoms in total. The summed E-state index contributed by atoms with van der Waals surface area (Å²) >= 11 is 0. The number of carbonyl (C=O) groups excluding carboxylic acids is 2. The summed E-state index contributed by atoms with van der Waals surface area (Å²) in [6.07, 6.45) is 1.54. The third-order valence-electron chi connectivity index (χ3n) is 3.75. The van der Waals surface area contributed by atoms with Gasteiger partial charge in [0, 0.05) is 35.7 Å². The first-order chi connectivity index (χ1) is 13.5. The van der Waals surface area contributed by atoms with E-state index in [9.17, 15) is 9.59 Å². The number of anilines is 4. The maximum atomic E-state index is 12.5. The molecule has 3 rings (SSSR count). The van der Waals surface area contributed by atoms with Gasteiger partial charge in [-0.2, -0.15) is 5.26 Å². The number of pyridine rings is 1. The third kappa shape index (κ3) is 4.93. The molecule has 3 N–H and O–H groups in total. The van der Waals surface area contributed by atoms with E-state index in [1.807, 2.05) is 12.1 Å². The molecular weight excluding hydrogens is 354 g/mol. The number of rotatable bonds is 5. The van der Waals surface area contributed by atoms with Gasteiger partial charge in [0.05, 0.1) is 11.6 Å². The van der Waals surface area contributed by atoms with Crippen LogP contribution in [0.2, 0.25) is 0 Å². The van der Waals surface area contributed by atoms with Crippen LogP contribution in [0.5, 0.6) is 0 Å². The van der Waals surface area contributed by atoms with Crippen LogP contribution in [0.25, 0.3) is 0 Å². The molecule has 0 saturated heterocycles. The molecule has 0 bridgehead atoms. The second-order valence-corrected chi connectivity index (χ2v) is 5.96. The van der Waals surface area contributed by atoms with Crippen LogP contribution in [0, 0.1) is 11.3 Å². The molecule has 3 aromatic rings. The number of aromatic nitrogens is 1. The van der Waals surface area contributed by atoms with E-state index in [0.717, 1.165) is 5.69 Å². The van der Waals surface area contributed by atoms with Gasteiger partial charge in [-0.25, -0.2) is 4.98 Å². The molecule has 0 aliphatic carbocycles. The SMILES string of the molecule is CC(=O)Nc1cccc(Nc2cc(C(=O)Nc3ccc(C#N)cc3)ccn2)c1. The molecule has 0 aliphatic rings. The topological polar surface area (TPSA) is 107 Å². The summed E-state index contributed by atoms with van der Waals surface area (Å²) in [7, 11) is 0. The highest BCUT2D eigenvalue weighted by atomic mass is 16.2. The van der Waals surface area contributed by atoms with E-state index in [4.69, 9.17) is 5.26 Å². The predicted molar refractivity (Wildman–Crippen MR) is 107 cm³/mol. The molecule has 1 heterocycles. The van der Waals surface area contributed by atoms with Gasteiger partial charge in [-0.1, -0.05) is 6.07 Å². The van der Waals surface area contributed by atoms with E-state index >= 15 is 0 Å². The number of nitrogens with zero attached hydrogens (tertiary/aromatic N) is 2. The predicted octanol–water partition coefficient (Wildman–Crippen LogP) is 3.91. The quantitative estimate of drug-likeness (QED) is 0.630. The molecule has 1 aromatic heterocycles. The van der Waals surface area contributed by atoms with Crippen molar-refractivity contribution >= 4 is 34.7 Å². The number of hydrogen-bond acceptors (Lipinski definition) is 5. The van der Waals surface area contributed by atoms with Crippen LogP contribution in [0.1, 0.15) is 22.8 Å². The summed E-state index contributed by atoms with van der Waals surface area (Å²) in [5, 5.41) is 17.4. The first-order valence-electron chi connectivity index (χ1n) is 8.46. The Morgan fingerprint density at radius 3 is 2.39 bits per heavy atom. The molecule has 0 atom stereocenters. The molecule has 0 spiro atoms. The number of carbonyl (C=O) groups is 2. The molecule has 0 aliphatic heterocycles. The Labute approximate surface area is 162 Å². The Balaban J connectivity index is 1.72. The van der Waals surface area contributed by atoms with Gasteiger partial charge >= 0.3 is 0 Å². The highest BCUT2D eigenvalue weighted by molar-refractivity contribution is 6.04. The average Bonchev–Trinajstić information content (AvgIpc) is 2.68. The zero-order chi connectivity index (χ0) is 19.9. The highest BCUT2D eigenvalue weighted by Crippen LogP contribution is 2.20. The first-order valence-corrected chi connectivity index (χ1v) is 8.46. The van der Waals surface area contributed by atoms with Crippen molar-refractivity contribution in [3.8, 4) is 6.07 Å². The van der Waals surface area contributed by atoms with E-state index in [1.54, 1.807) is 54.6 Å². The fourth-order valence-electron chi connectivity index (χ4n) is 2.50. The monoisotopic (exact) mass is 371 g/mol. The Morgan fingerprint density at radius 1 is 0.929 bits per heavy atom. The van der Waals surface area contributed by atoms with Crippen LogP contribution < -0.4 is 16.0 Å². The van der Waals surface area contributed by atoms with Crippen LogP contribution in [0.4, 0.5) is 22.9 Å². The van der Waals surface area contributed by atoms with E-state index in [2.05, 4.69) is 20.9 Å². The normalized spacial score (nSPS) is 9.86. The fourth-order valence-corrected chi connectivity index (χ4v) is 2.50. The molecule has 7 heteroatoms. The van der Waals surface area contributed by atoms with Crippen LogP contribution in [-0.2, 0) is 4.79 Å². The largest absolute Gasteiger partial charge is 0.340 e. The summed E-state index contributed by atoms with van der Waals surface area (Å²) in [4.78, 5) is 27.9. The van der Waals surface area contributed by atoms with Gasteiger partial charge in [0.1, 0.15) is 5.82 Å². The molecule has 0 radical (unpaired) electrons. The van der Waals surface area contributed by atoms with Crippen molar-refractivity contribution in [2.45, 2.75) is 6.92 Å². The van der Waals surface area contributed by atoms with Gasteiger partial charge in [0.15, 0.2) is 0 Å². The first kappa shape index (κ1) is 18.6. The van der Waals surface area contributed by atoms with Crippen molar-refractivity contribution in [2.75, 3.05) is 16.0 Å². The van der Waals surface area contributed by atoms with Crippen molar-refractivity contribution in [2.24, 2.45) is 0 Å². The zero-order valence-corrected chi connectivity index (χ0v) is 15.1. The molecule has 0 fully saturated rings. The minimum absolute atomic E-state index is 0.156. The summed E-state index contributed by atoms with van der Waals surface area (Å²) in [6.45, 7) is 1.44. The summed E-state index contributed by atoms with van der Waals surface area (Å²) in [5.74, 6) is 0.0476. The lowest BCUT2D eigenvalue weighted by molar-refractivity contribution is -0.114. The van der Waals surface area contributed by atoms with Crippen molar-refractivity contribution < 1.29 is 9.59 Å². The zero-order valence-electron chi connectivity index (χ0n) is 15.1. The summed E-state index contributed by atoms with van der Waals surface area (Å²) < 4.78 is 0. The molecule has 2 amide bonds. The number of hydrogen-bond donors (Lipinski definition) is 3. The smallest absolute Gasteiger partial charge is 0.255 e. The Bertz CT molecular complexity index is 1050. The molecule has 0 saturated carbocycles. The molecule has 0 unspecified atom stereocenters. The summed E-state index contributed by atoms with van der Waals surface area (Å²) in [6, 6.07) is 19.1. The van der Waals surface area contributed by atoms with Crippen molar-refractivity contribution in [3.05, 3.63) is 78.0 Å². The van der Waals surface area contributed by atoms with Crippen molar-refractivity contribution in [1.82, 2.24) is 4.98 Å². The second kappa shape index (κ2) is 8.47. The van der Waals surface area contributed by atoms with Crippen LogP contribution in [0.3, 0.4) is 0 Å². The second-order valence-electron chi connectivity index (χ2n) is 5.96. The number of nitrogens with one attached hydrogen (secondary N) is 3. The maximum absolute atomic E-state index is 12.5. The van der Waals surface area contributed by atoms with Gasteiger partial charge in [0.2, 0.25) is 5.91 Å². The minimum Gasteiger partial charge on any atom is -0.340 e. The lowest BCUT2D eigenvalue weighted by Gasteiger charge is -2.10. The van der Waals surface area contributed by atoms with Crippen molar-refractivity contribution in [3.63, 3.8) is 0 Å². The highest BCUT2D eigenvalue weighted by Gasteiger charge is 2.08. The maximum Gasteiger partial charge on any atom is 0.255 e. The van der Waals surface area contributed by atoms with Crippen LogP contribution in [-0.4, -0.2) is 16.8 Å². The van der Waals surface area contributed by atoms with Gasteiger partial charge in [-0.05, 0) is 54.6 Å². The Kier molecular flexibility index (Phi) is 5.63. The van der Waals surface area contributed by atoms with E-state index in [1.165, 1.54) is 13.1 Å². The van der Waals surface area contributed by atoms with Crippen LogP contribution in [0.15, 0.2) is 66.9 Å². The van der Waals surface area contributed by atoms with Gasteiger partial charge in [-0.3, -0.25) is 9.59 Å². The van der Waals surface area contributed by atoms with E-state index < -0.39 is 0 Å². The lowest BCUT2D eigenvalue weighted by Crippen LogP contribution is -2.12. The number of amides is 2. The molecule has 28 heavy (non-hydrogen) atoms. The van der Waals surface area contributed by atoms with Gasteiger partial charge < -0.3 is 16.0 Å². The third-order valence-corrected chi connectivity index (χ3v) is 3.75.